The zero-order valence-corrected chi connectivity index (χ0v) is 19.7. The molecular formula is C24H34N4O6. The Hall–Kier alpha value is -2.72. The minimum atomic E-state index is -0.833. The molecule has 2 amide bonds. The Kier molecular flexibility index (Phi) is 7.37. The van der Waals surface area contributed by atoms with Gasteiger partial charge in [0.15, 0.2) is 0 Å². The molecule has 10 heteroatoms. The first-order valence-electron chi connectivity index (χ1n) is 12.1. The molecule has 5 rings (SSSR count). The maximum Gasteiger partial charge on any atom is 0.300 e. The predicted molar refractivity (Wildman–Crippen MR) is 123 cm³/mol. The van der Waals surface area contributed by atoms with Crippen LogP contribution in [0, 0.1) is 23.7 Å². The standard InChI is InChI=1S/C22H30N4O4.C2H4O2/c1-2-30-12-19(27)24-9-18-14-6-13(17-4-3-5-20(28)26(17)18)10-25(11-14)22(29)21-15-7-23-8-16(15)21;1-2(3)4/h3-5,13-16,18,21,23H,2,6-12H2,1H3,(H,24,27);1H3,(H,3,4)/t13-,14+,15-,16+,18+,21?;/m1./s1. The largest absolute Gasteiger partial charge is 0.481 e. The molecule has 2 bridgehead atoms. The number of ether oxygens (including phenoxy) is 1. The second-order valence-electron chi connectivity index (χ2n) is 9.63. The monoisotopic (exact) mass is 474 g/mol. The van der Waals surface area contributed by atoms with Crippen molar-refractivity contribution in [1.82, 2.24) is 20.1 Å². The molecule has 2 saturated heterocycles. The summed E-state index contributed by atoms with van der Waals surface area (Å²) in [5.41, 5.74) is 0.951. The van der Waals surface area contributed by atoms with Crippen LogP contribution in [0.1, 0.15) is 37.9 Å². The summed E-state index contributed by atoms with van der Waals surface area (Å²) in [4.78, 5) is 49.1. The van der Waals surface area contributed by atoms with E-state index in [1.807, 2.05) is 22.5 Å². The predicted octanol–water partition coefficient (Wildman–Crippen LogP) is 0.0441. The van der Waals surface area contributed by atoms with Gasteiger partial charge in [-0.3, -0.25) is 19.2 Å². The van der Waals surface area contributed by atoms with Gasteiger partial charge < -0.3 is 29.9 Å². The lowest BCUT2D eigenvalue weighted by atomic mass is 9.78. The Labute approximate surface area is 198 Å². The summed E-state index contributed by atoms with van der Waals surface area (Å²) < 4.78 is 7.05. The van der Waals surface area contributed by atoms with E-state index in [0.29, 0.717) is 38.1 Å². The fourth-order valence-electron chi connectivity index (χ4n) is 5.94. The van der Waals surface area contributed by atoms with Crippen LogP contribution in [0.5, 0.6) is 0 Å². The van der Waals surface area contributed by atoms with Crippen molar-refractivity contribution < 1.29 is 24.2 Å². The second kappa shape index (κ2) is 10.3. The summed E-state index contributed by atoms with van der Waals surface area (Å²) in [6.07, 6.45) is 0.943. The van der Waals surface area contributed by atoms with Crippen molar-refractivity contribution in [3.8, 4) is 0 Å². The SMILES string of the molecule is CC(=O)O.CCOCC(=O)NC[C@H]1[C@H]2C[C@H](CN(C(=O)C3[C@H]4CNC[C@@H]34)C2)c2cccc(=O)n21. The van der Waals surface area contributed by atoms with Crippen molar-refractivity contribution >= 4 is 17.8 Å². The van der Waals surface area contributed by atoms with Gasteiger partial charge in [-0.15, -0.1) is 0 Å². The lowest BCUT2D eigenvalue weighted by Gasteiger charge is -2.47. The van der Waals surface area contributed by atoms with Gasteiger partial charge in [-0.25, -0.2) is 0 Å². The number of nitrogens with zero attached hydrogens (tertiary/aromatic N) is 2. The molecule has 1 aromatic heterocycles. The number of pyridine rings is 1. The van der Waals surface area contributed by atoms with Crippen LogP contribution in [-0.4, -0.2) is 78.3 Å². The smallest absolute Gasteiger partial charge is 0.300 e. The van der Waals surface area contributed by atoms with Gasteiger partial charge >= 0.3 is 0 Å². The van der Waals surface area contributed by atoms with Gasteiger partial charge in [0.25, 0.3) is 11.5 Å². The van der Waals surface area contributed by atoms with Crippen LogP contribution in [0.25, 0.3) is 0 Å². The van der Waals surface area contributed by atoms with Crippen LogP contribution in [0.2, 0.25) is 0 Å². The van der Waals surface area contributed by atoms with Crippen molar-refractivity contribution in [2.75, 3.05) is 45.9 Å². The molecule has 4 heterocycles. The topological polar surface area (TPSA) is 130 Å². The van der Waals surface area contributed by atoms with Crippen LogP contribution in [0.15, 0.2) is 23.0 Å². The average molecular weight is 475 g/mol. The third kappa shape index (κ3) is 5.02. The van der Waals surface area contributed by atoms with Crippen molar-refractivity contribution in [2.45, 2.75) is 32.2 Å². The summed E-state index contributed by atoms with van der Waals surface area (Å²) in [5.74, 6) is 0.787. The molecule has 3 N–H and O–H groups in total. The Bertz CT molecular complexity index is 980. The van der Waals surface area contributed by atoms with E-state index in [9.17, 15) is 14.4 Å². The molecule has 6 atom stereocenters. The fraction of sp³-hybridized carbons (Fsp3) is 0.667. The number of carboxylic acid groups (broad SMARTS) is 1. The van der Waals surface area contributed by atoms with Gasteiger partial charge in [0, 0.05) is 56.8 Å². The highest BCUT2D eigenvalue weighted by molar-refractivity contribution is 5.83. The number of fused-ring (bicyclic) bond motifs is 5. The number of amides is 2. The van der Waals surface area contributed by atoms with Gasteiger partial charge in [0.05, 0.1) is 6.04 Å². The minimum absolute atomic E-state index is 0.0240. The van der Waals surface area contributed by atoms with Crippen LogP contribution >= 0.6 is 0 Å². The zero-order valence-electron chi connectivity index (χ0n) is 19.7. The van der Waals surface area contributed by atoms with E-state index in [1.165, 1.54) is 0 Å². The molecule has 0 radical (unpaired) electrons. The van der Waals surface area contributed by atoms with E-state index >= 15 is 0 Å². The first kappa shape index (κ1) is 24.4. The van der Waals surface area contributed by atoms with Gasteiger partial charge in [-0.05, 0) is 50.3 Å². The molecule has 1 aliphatic carbocycles. The van der Waals surface area contributed by atoms with E-state index in [0.717, 1.165) is 32.1 Å². The number of carboxylic acids is 1. The lowest BCUT2D eigenvalue weighted by Crippen LogP contribution is -2.54. The molecule has 1 unspecified atom stereocenters. The highest BCUT2D eigenvalue weighted by Gasteiger charge is 2.58. The molecule has 186 valence electrons. The molecule has 0 aromatic carbocycles. The molecule has 1 saturated carbocycles. The van der Waals surface area contributed by atoms with Gasteiger partial charge in [0.1, 0.15) is 6.61 Å². The first-order chi connectivity index (χ1) is 16.3. The minimum Gasteiger partial charge on any atom is -0.481 e. The van der Waals surface area contributed by atoms with Gasteiger partial charge in [-0.2, -0.15) is 0 Å². The van der Waals surface area contributed by atoms with E-state index < -0.39 is 5.97 Å². The number of likely N-dealkylation sites (tertiary alicyclic amines) is 1. The molecule has 10 nitrogen and oxygen atoms in total. The van der Waals surface area contributed by atoms with Gasteiger partial charge in [-0.1, -0.05) is 6.07 Å². The number of aliphatic carboxylic acids is 1. The number of hydrogen-bond acceptors (Lipinski definition) is 6. The third-order valence-electron chi connectivity index (χ3n) is 7.43. The Morgan fingerprint density at radius 2 is 1.91 bits per heavy atom. The Morgan fingerprint density at radius 1 is 1.21 bits per heavy atom. The fourth-order valence-corrected chi connectivity index (χ4v) is 5.94. The average Bonchev–Trinajstić information content (AvgIpc) is 3.27. The molecule has 3 aliphatic heterocycles. The number of carbonyl (C=O) groups excluding carboxylic acids is 2. The van der Waals surface area contributed by atoms with Crippen LogP contribution in [0.3, 0.4) is 0 Å². The summed E-state index contributed by atoms with van der Waals surface area (Å²) in [6.45, 7) is 7.07. The number of rotatable bonds is 6. The molecule has 3 fully saturated rings. The zero-order chi connectivity index (χ0) is 24.4. The number of hydrogen-bond donors (Lipinski definition) is 3. The van der Waals surface area contributed by atoms with E-state index in [4.69, 9.17) is 14.6 Å². The van der Waals surface area contributed by atoms with E-state index in [-0.39, 0.29) is 47.8 Å². The van der Waals surface area contributed by atoms with Crippen LogP contribution < -0.4 is 16.2 Å². The Balaban J connectivity index is 0.000000636. The molecule has 1 aromatic rings. The van der Waals surface area contributed by atoms with E-state index in [1.54, 1.807) is 12.1 Å². The summed E-state index contributed by atoms with van der Waals surface area (Å²) in [6, 6.07) is 5.24. The molecule has 34 heavy (non-hydrogen) atoms. The summed E-state index contributed by atoms with van der Waals surface area (Å²) >= 11 is 0. The highest BCUT2D eigenvalue weighted by atomic mass is 16.5. The normalized spacial score (nSPS) is 30.4. The van der Waals surface area contributed by atoms with Crippen molar-refractivity contribution in [3.63, 3.8) is 0 Å². The number of aromatic nitrogens is 1. The first-order valence-corrected chi connectivity index (χ1v) is 12.1. The van der Waals surface area contributed by atoms with Crippen molar-refractivity contribution in [3.05, 3.63) is 34.2 Å². The lowest BCUT2D eigenvalue weighted by molar-refractivity contribution is -0.137. The number of piperidine rings is 2. The molecule has 4 aliphatic rings. The quantitative estimate of drug-likeness (QED) is 0.531. The summed E-state index contributed by atoms with van der Waals surface area (Å²) in [5, 5.41) is 13.7. The second-order valence-corrected chi connectivity index (χ2v) is 9.63. The van der Waals surface area contributed by atoms with Crippen molar-refractivity contribution in [1.29, 1.82) is 0 Å². The molecular weight excluding hydrogens is 440 g/mol. The van der Waals surface area contributed by atoms with Crippen LogP contribution in [0.4, 0.5) is 0 Å². The van der Waals surface area contributed by atoms with Crippen LogP contribution in [-0.2, 0) is 19.1 Å². The van der Waals surface area contributed by atoms with Crippen molar-refractivity contribution in [2.24, 2.45) is 23.7 Å². The number of carbonyl (C=O) groups is 3. The van der Waals surface area contributed by atoms with E-state index in [2.05, 4.69) is 10.6 Å². The van der Waals surface area contributed by atoms with Gasteiger partial charge in [0.2, 0.25) is 11.8 Å². The Morgan fingerprint density at radius 3 is 2.59 bits per heavy atom. The molecule has 0 spiro atoms. The number of nitrogens with one attached hydrogen (secondary N) is 2. The maximum absolute atomic E-state index is 13.2. The summed E-state index contributed by atoms with van der Waals surface area (Å²) in [7, 11) is 0. The maximum atomic E-state index is 13.2. The third-order valence-corrected chi connectivity index (χ3v) is 7.43. The highest BCUT2D eigenvalue weighted by Crippen LogP contribution is 2.51.